The minimum Gasteiger partial charge on any atom is -0.335 e. The molecule has 0 bridgehead atoms. The van der Waals surface area contributed by atoms with Crippen LogP contribution in [-0.4, -0.2) is 58.0 Å². The van der Waals surface area contributed by atoms with Crippen molar-refractivity contribution in [3.8, 4) is 0 Å². The summed E-state index contributed by atoms with van der Waals surface area (Å²) in [4.78, 5) is 14.2. The van der Waals surface area contributed by atoms with Crippen molar-refractivity contribution in [2.24, 2.45) is 0 Å². The van der Waals surface area contributed by atoms with Crippen LogP contribution in [0.1, 0.15) is 23.7 Å². The van der Waals surface area contributed by atoms with E-state index >= 15 is 0 Å². The number of nitrogens with zero attached hydrogens (tertiary/aromatic N) is 1. The van der Waals surface area contributed by atoms with E-state index in [9.17, 15) is 21.6 Å². The van der Waals surface area contributed by atoms with E-state index in [-0.39, 0.29) is 28.4 Å². The molecule has 0 N–H and O–H groups in total. The minimum atomic E-state index is -3.31. The molecule has 1 fully saturated rings. The Hall–Kier alpha value is -1.41. The lowest BCUT2D eigenvalue weighted by atomic mass is 10.1. The van der Waals surface area contributed by atoms with Crippen molar-refractivity contribution >= 4 is 25.6 Å². The molecule has 8 heteroatoms. The number of benzene rings is 1. The highest BCUT2D eigenvalue weighted by Crippen LogP contribution is 2.20. The van der Waals surface area contributed by atoms with Crippen LogP contribution in [0.25, 0.3) is 0 Å². The van der Waals surface area contributed by atoms with Crippen LogP contribution >= 0.6 is 0 Å². The van der Waals surface area contributed by atoms with Crippen molar-refractivity contribution in [1.82, 2.24) is 4.90 Å². The zero-order valence-corrected chi connectivity index (χ0v) is 14.2. The number of carbonyl (C=O) groups is 1. The molecule has 1 heterocycles. The molecule has 1 aliphatic rings. The van der Waals surface area contributed by atoms with E-state index in [1.807, 2.05) is 0 Å². The van der Waals surface area contributed by atoms with Crippen LogP contribution in [0.15, 0.2) is 29.2 Å². The first kappa shape index (κ1) is 17.0. The molecule has 1 atom stereocenters. The second kappa shape index (κ2) is 6.00. The van der Waals surface area contributed by atoms with Gasteiger partial charge in [0.2, 0.25) is 0 Å². The molecule has 0 aromatic heterocycles. The van der Waals surface area contributed by atoms with Crippen LogP contribution in [0, 0.1) is 0 Å². The number of sulfone groups is 2. The van der Waals surface area contributed by atoms with Gasteiger partial charge < -0.3 is 4.90 Å². The lowest BCUT2D eigenvalue weighted by Gasteiger charge is -2.27. The highest BCUT2D eigenvalue weighted by Gasteiger charge is 2.34. The zero-order chi connectivity index (χ0) is 16.5. The molecule has 1 aliphatic heterocycles. The van der Waals surface area contributed by atoms with Gasteiger partial charge in [0.1, 0.15) is 0 Å². The summed E-state index contributed by atoms with van der Waals surface area (Å²) >= 11 is 0. The summed E-state index contributed by atoms with van der Waals surface area (Å²) in [6.45, 7) is 2.21. The van der Waals surface area contributed by atoms with Crippen molar-refractivity contribution in [2.45, 2.75) is 24.3 Å². The summed E-state index contributed by atoms with van der Waals surface area (Å²) in [5, 5.41) is 0. The number of carbonyl (C=O) groups excluding carboxylic acids is 1. The van der Waals surface area contributed by atoms with E-state index in [0.717, 1.165) is 6.26 Å². The summed E-state index contributed by atoms with van der Waals surface area (Å²) in [7, 11) is -6.37. The maximum Gasteiger partial charge on any atom is 0.254 e. The summed E-state index contributed by atoms with van der Waals surface area (Å²) in [6.07, 6.45) is 1.55. The third-order valence-corrected chi connectivity index (χ3v) is 6.66. The van der Waals surface area contributed by atoms with Gasteiger partial charge in [-0.25, -0.2) is 16.8 Å². The van der Waals surface area contributed by atoms with Gasteiger partial charge in [-0.15, -0.1) is 0 Å². The predicted octanol–water partition coefficient (Wildman–Crippen LogP) is 0.739. The van der Waals surface area contributed by atoms with E-state index in [4.69, 9.17) is 0 Å². The molecule has 0 aliphatic carbocycles. The van der Waals surface area contributed by atoms with Gasteiger partial charge >= 0.3 is 0 Å². The van der Waals surface area contributed by atoms with Crippen molar-refractivity contribution in [1.29, 1.82) is 0 Å². The van der Waals surface area contributed by atoms with Crippen molar-refractivity contribution in [3.63, 3.8) is 0 Å². The van der Waals surface area contributed by atoms with Crippen LogP contribution in [-0.2, 0) is 19.7 Å². The zero-order valence-electron chi connectivity index (χ0n) is 12.5. The van der Waals surface area contributed by atoms with E-state index in [2.05, 4.69) is 0 Å². The second-order valence-corrected chi connectivity index (χ2v) is 9.69. The Morgan fingerprint density at radius 3 is 2.27 bits per heavy atom. The average molecular weight is 345 g/mol. The molecular formula is C14H19NO5S2. The maximum atomic E-state index is 12.5. The molecule has 1 amide bonds. The summed E-state index contributed by atoms with van der Waals surface area (Å²) in [5.74, 6) is -0.174. The SMILES string of the molecule is CCN(C(=O)c1ccc(S(C)(=O)=O)cc1)C1CCS(=O)(=O)C1. The lowest BCUT2D eigenvalue weighted by Crippen LogP contribution is -2.40. The van der Waals surface area contributed by atoms with Gasteiger partial charge in [-0.3, -0.25) is 4.79 Å². The van der Waals surface area contributed by atoms with Gasteiger partial charge in [-0.1, -0.05) is 0 Å². The van der Waals surface area contributed by atoms with Crippen LogP contribution in [0.5, 0.6) is 0 Å². The topological polar surface area (TPSA) is 88.6 Å². The molecule has 1 saturated heterocycles. The Balaban J connectivity index is 2.22. The predicted molar refractivity (Wildman–Crippen MR) is 83.3 cm³/mol. The molecule has 0 saturated carbocycles. The van der Waals surface area contributed by atoms with Gasteiger partial charge in [0.05, 0.1) is 16.4 Å². The number of amides is 1. The van der Waals surface area contributed by atoms with Gasteiger partial charge in [-0.05, 0) is 37.6 Å². The fourth-order valence-corrected chi connectivity index (χ4v) is 4.96. The molecule has 6 nitrogen and oxygen atoms in total. The first-order valence-electron chi connectivity index (χ1n) is 6.95. The molecule has 1 aromatic rings. The average Bonchev–Trinajstić information content (AvgIpc) is 2.79. The third kappa shape index (κ3) is 3.67. The van der Waals surface area contributed by atoms with E-state index in [1.165, 1.54) is 24.3 Å². The fraction of sp³-hybridized carbons (Fsp3) is 0.500. The number of rotatable bonds is 4. The largest absolute Gasteiger partial charge is 0.335 e. The summed E-state index contributed by atoms with van der Waals surface area (Å²) in [5.41, 5.74) is 0.360. The second-order valence-electron chi connectivity index (χ2n) is 5.44. The first-order valence-corrected chi connectivity index (χ1v) is 10.7. The minimum absolute atomic E-state index is 0.00595. The highest BCUT2D eigenvalue weighted by atomic mass is 32.2. The Bertz CT molecular complexity index is 766. The van der Waals surface area contributed by atoms with Crippen molar-refractivity contribution in [2.75, 3.05) is 24.3 Å². The molecule has 22 heavy (non-hydrogen) atoms. The number of hydrogen-bond acceptors (Lipinski definition) is 5. The number of hydrogen-bond donors (Lipinski definition) is 0. The summed E-state index contributed by atoms with van der Waals surface area (Å²) in [6, 6.07) is 5.40. The van der Waals surface area contributed by atoms with Gasteiger partial charge in [0.15, 0.2) is 19.7 Å². The van der Waals surface area contributed by atoms with Crippen LogP contribution < -0.4 is 0 Å². The van der Waals surface area contributed by atoms with Crippen molar-refractivity contribution in [3.05, 3.63) is 29.8 Å². The maximum absolute atomic E-state index is 12.5. The Kier molecular flexibility index (Phi) is 4.62. The van der Waals surface area contributed by atoms with Gasteiger partial charge in [-0.2, -0.15) is 0 Å². The molecule has 0 spiro atoms. The molecule has 2 rings (SSSR count). The molecule has 1 unspecified atom stereocenters. The molecule has 0 radical (unpaired) electrons. The Morgan fingerprint density at radius 2 is 1.86 bits per heavy atom. The van der Waals surface area contributed by atoms with E-state index in [0.29, 0.717) is 18.5 Å². The smallest absolute Gasteiger partial charge is 0.254 e. The molecule has 1 aromatic carbocycles. The van der Waals surface area contributed by atoms with Crippen LogP contribution in [0.4, 0.5) is 0 Å². The van der Waals surface area contributed by atoms with Crippen LogP contribution in [0.2, 0.25) is 0 Å². The molecule has 122 valence electrons. The third-order valence-electron chi connectivity index (χ3n) is 3.78. The molecular weight excluding hydrogens is 326 g/mol. The summed E-state index contributed by atoms with van der Waals surface area (Å²) < 4.78 is 46.0. The normalized spacial score (nSPS) is 20.7. The van der Waals surface area contributed by atoms with E-state index in [1.54, 1.807) is 11.8 Å². The highest BCUT2D eigenvalue weighted by molar-refractivity contribution is 7.91. The standard InChI is InChI=1S/C14H19NO5S2/c1-3-15(12-8-9-22(19,20)10-12)14(16)11-4-6-13(7-5-11)21(2,17)18/h4-7,12H,3,8-10H2,1-2H3. The first-order chi connectivity index (χ1) is 10.1. The lowest BCUT2D eigenvalue weighted by molar-refractivity contribution is 0.0708. The van der Waals surface area contributed by atoms with Crippen molar-refractivity contribution < 1.29 is 21.6 Å². The van der Waals surface area contributed by atoms with Crippen LogP contribution in [0.3, 0.4) is 0 Å². The monoisotopic (exact) mass is 345 g/mol. The fourth-order valence-electron chi connectivity index (χ4n) is 2.60. The Morgan fingerprint density at radius 1 is 1.27 bits per heavy atom. The van der Waals surface area contributed by atoms with Gasteiger partial charge in [0, 0.05) is 24.4 Å². The Labute approximate surface area is 131 Å². The van der Waals surface area contributed by atoms with Gasteiger partial charge in [0.25, 0.3) is 5.91 Å². The van der Waals surface area contributed by atoms with E-state index < -0.39 is 19.7 Å². The quantitative estimate of drug-likeness (QED) is 0.803.